The van der Waals surface area contributed by atoms with Crippen molar-refractivity contribution in [1.82, 2.24) is 4.90 Å². The number of carbonyl (C=O) groups is 2. The van der Waals surface area contributed by atoms with Crippen LogP contribution < -0.4 is 14.8 Å². The van der Waals surface area contributed by atoms with Gasteiger partial charge in [0, 0.05) is 13.1 Å². The van der Waals surface area contributed by atoms with Gasteiger partial charge in [-0.3, -0.25) is 9.59 Å². The zero-order valence-corrected chi connectivity index (χ0v) is 16.8. The Labute approximate surface area is 169 Å². The zero-order chi connectivity index (χ0) is 20.5. The van der Waals surface area contributed by atoms with Gasteiger partial charge >= 0.3 is 0 Å². The SMILES string of the molecule is CCOc1ccc(/C=C/C(=O)N(C)CC(=O)Nc2ccccc2Cl)cc1OC. The quantitative estimate of drug-likeness (QED) is 0.681. The lowest BCUT2D eigenvalue weighted by Crippen LogP contribution is -2.33. The van der Waals surface area contributed by atoms with Crippen molar-refractivity contribution in [2.24, 2.45) is 0 Å². The molecule has 0 bridgehead atoms. The number of amides is 2. The molecule has 0 heterocycles. The number of nitrogens with zero attached hydrogens (tertiary/aromatic N) is 1. The van der Waals surface area contributed by atoms with Crippen LogP contribution in [0.2, 0.25) is 5.02 Å². The third kappa shape index (κ3) is 6.03. The smallest absolute Gasteiger partial charge is 0.246 e. The Morgan fingerprint density at radius 3 is 2.61 bits per heavy atom. The molecule has 2 rings (SSSR count). The van der Waals surface area contributed by atoms with Gasteiger partial charge in [-0.1, -0.05) is 29.8 Å². The molecular formula is C21H23ClN2O4. The third-order valence-electron chi connectivity index (χ3n) is 3.81. The Morgan fingerprint density at radius 2 is 1.93 bits per heavy atom. The summed E-state index contributed by atoms with van der Waals surface area (Å²) in [6, 6.07) is 12.3. The molecule has 0 spiro atoms. The number of carbonyl (C=O) groups excluding carboxylic acids is 2. The van der Waals surface area contributed by atoms with Crippen molar-refractivity contribution in [3.8, 4) is 11.5 Å². The number of likely N-dealkylation sites (N-methyl/N-ethyl adjacent to an activating group) is 1. The minimum Gasteiger partial charge on any atom is -0.493 e. The fourth-order valence-corrected chi connectivity index (χ4v) is 2.59. The molecule has 0 aliphatic rings. The van der Waals surface area contributed by atoms with Gasteiger partial charge in [-0.2, -0.15) is 0 Å². The minimum atomic E-state index is -0.333. The van der Waals surface area contributed by atoms with Crippen LogP contribution in [-0.2, 0) is 9.59 Å². The highest BCUT2D eigenvalue weighted by Crippen LogP contribution is 2.28. The topological polar surface area (TPSA) is 67.9 Å². The monoisotopic (exact) mass is 402 g/mol. The van der Waals surface area contributed by atoms with Crippen molar-refractivity contribution in [3.63, 3.8) is 0 Å². The predicted molar refractivity (Wildman–Crippen MR) is 111 cm³/mol. The van der Waals surface area contributed by atoms with Crippen LogP contribution in [0.5, 0.6) is 11.5 Å². The molecule has 2 aromatic rings. The molecule has 7 heteroatoms. The number of hydrogen-bond donors (Lipinski definition) is 1. The van der Waals surface area contributed by atoms with E-state index < -0.39 is 0 Å². The highest BCUT2D eigenvalue weighted by molar-refractivity contribution is 6.33. The Hall–Kier alpha value is -2.99. The summed E-state index contributed by atoms with van der Waals surface area (Å²) in [6.45, 7) is 2.33. The lowest BCUT2D eigenvalue weighted by Gasteiger charge is -2.15. The second-order valence-corrected chi connectivity index (χ2v) is 6.31. The summed E-state index contributed by atoms with van der Waals surface area (Å²) in [5, 5.41) is 3.12. The second kappa shape index (κ2) is 10.4. The predicted octanol–water partition coefficient (Wildman–Crippen LogP) is 3.86. The number of methoxy groups -OCH3 is 1. The second-order valence-electron chi connectivity index (χ2n) is 5.90. The Bertz CT molecular complexity index is 867. The van der Waals surface area contributed by atoms with E-state index in [1.807, 2.05) is 13.0 Å². The Morgan fingerprint density at radius 1 is 1.18 bits per heavy atom. The molecule has 2 aromatic carbocycles. The lowest BCUT2D eigenvalue weighted by atomic mass is 10.2. The van der Waals surface area contributed by atoms with E-state index >= 15 is 0 Å². The maximum atomic E-state index is 12.3. The first-order valence-electron chi connectivity index (χ1n) is 8.73. The largest absolute Gasteiger partial charge is 0.493 e. The van der Waals surface area contributed by atoms with Crippen LogP contribution in [0.25, 0.3) is 6.08 Å². The molecular weight excluding hydrogens is 380 g/mol. The molecule has 0 aliphatic carbocycles. The first kappa shape index (κ1) is 21.3. The van der Waals surface area contributed by atoms with Crippen LogP contribution in [0.1, 0.15) is 12.5 Å². The number of nitrogens with one attached hydrogen (secondary N) is 1. The van der Waals surface area contributed by atoms with E-state index in [9.17, 15) is 9.59 Å². The molecule has 28 heavy (non-hydrogen) atoms. The van der Waals surface area contributed by atoms with Crippen molar-refractivity contribution in [3.05, 3.63) is 59.1 Å². The number of benzene rings is 2. The average molecular weight is 403 g/mol. The fraction of sp³-hybridized carbons (Fsp3) is 0.238. The molecule has 6 nitrogen and oxygen atoms in total. The van der Waals surface area contributed by atoms with Crippen LogP contribution in [0.4, 0.5) is 5.69 Å². The van der Waals surface area contributed by atoms with Gasteiger partial charge in [-0.15, -0.1) is 0 Å². The van der Waals surface area contributed by atoms with Gasteiger partial charge in [0.25, 0.3) is 0 Å². The zero-order valence-electron chi connectivity index (χ0n) is 16.1. The van der Waals surface area contributed by atoms with E-state index in [0.29, 0.717) is 28.8 Å². The van der Waals surface area contributed by atoms with Crippen LogP contribution >= 0.6 is 11.6 Å². The highest BCUT2D eigenvalue weighted by Gasteiger charge is 2.12. The van der Waals surface area contributed by atoms with Crippen molar-refractivity contribution >= 4 is 35.2 Å². The summed E-state index contributed by atoms with van der Waals surface area (Å²) in [6.07, 6.45) is 3.06. The number of para-hydroxylation sites is 1. The Balaban J connectivity index is 1.96. The van der Waals surface area contributed by atoms with Gasteiger partial charge in [-0.25, -0.2) is 0 Å². The molecule has 0 saturated carbocycles. The molecule has 0 unspecified atom stereocenters. The number of ether oxygens (including phenoxy) is 2. The average Bonchev–Trinajstić information content (AvgIpc) is 2.68. The van der Waals surface area contributed by atoms with Crippen LogP contribution in [0.15, 0.2) is 48.5 Å². The number of anilines is 1. The Kier molecular flexibility index (Phi) is 7.89. The van der Waals surface area contributed by atoms with Crippen molar-refractivity contribution in [2.45, 2.75) is 6.92 Å². The van der Waals surface area contributed by atoms with Crippen LogP contribution in [0.3, 0.4) is 0 Å². The van der Waals surface area contributed by atoms with Crippen LogP contribution in [-0.4, -0.2) is 44.0 Å². The van der Waals surface area contributed by atoms with E-state index in [-0.39, 0.29) is 18.4 Å². The molecule has 0 atom stereocenters. The van der Waals surface area contributed by atoms with E-state index in [1.54, 1.807) is 56.6 Å². The minimum absolute atomic E-state index is 0.0962. The third-order valence-corrected chi connectivity index (χ3v) is 4.14. The normalized spacial score (nSPS) is 10.6. The van der Waals surface area contributed by atoms with Gasteiger partial charge in [0.05, 0.1) is 31.0 Å². The first-order valence-corrected chi connectivity index (χ1v) is 9.10. The molecule has 0 saturated heterocycles. The molecule has 2 amide bonds. The summed E-state index contributed by atoms with van der Waals surface area (Å²) in [7, 11) is 3.11. The summed E-state index contributed by atoms with van der Waals surface area (Å²) in [4.78, 5) is 25.7. The molecule has 0 aromatic heterocycles. The summed E-state index contributed by atoms with van der Waals surface area (Å²) < 4.78 is 10.8. The van der Waals surface area contributed by atoms with Gasteiger partial charge in [0.2, 0.25) is 11.8 Å². The van der Waals surface area contributed by atoms with Crippen LogP contribution in [0, 0.1) is 0 Å². The van der Waals surface area contributed by atoms with E-state index in [2.05, 4.69) is 5.32 Å². The molecule has 0 aliphatic heterocycles. The highest BCUT2D eigenvalue weighted by atomic mass is 35.5. The molecule has 1 N–H and O–H groups in total. The molecule has 148 valence electrons. The first-order chi connectivity index (χ1) is 13.4. The van der Waals surface area contributed by atoms with Crippen molar-refractivity contribution in [2.75, 3.05) is 32.6 Å². The standard InChI is InChI=1S/C21H23ClN2O4/c1-4-28-18-11-9-15(13-19(18)27-3)10-12-21(26)24(2)14-20(25)23-17-8-6-5-7-16(17)22/h5-13H,4,14H2,1-3H3,(H,23,25)/b12-10+. The van der Waals surface area contributed by atoms with E-state index in [4.69, 9.17) is 21.1 Å². The fourth-order valence-electron chi connectivity index (χ4n) is 2.40. The maximum absolute atomic E-state index is 12.3. The van der Waals surface area contributed by atoms with E-state index in [0.717, 1.165) is 5.56 Å². The maximum Gasteiger partial charge on any atom is 0.246 e. The van der Waals surface area contributed by atoms with Crippen molar-refractivity contribution < 1.29 is 19.1 Å². The molecule has 0 fully saturated rings. The van der Waals surface area contributed by atoms with E-state index in [1.165, 1.54) is 11.0 Å². The van der Waals surface area contributed by atoms with Gasteiger partial charge < -0.3 is 19.7 Å². The number of hydrogen-bond acceptors (Lipinski definition) is 4. The number of rotatable bonds is 8. The summed E-state index contributed by atoms with van der Waals surface area (Å²) in [5.74, 6) is 0.591. The van der Waals surface area contributed by atoms with Gasteiger partial charge in [0.15, 0.2) is 11.5 Å². The van der Waals surface area contributed by atoms with Gasteiger partial charge in [0.1, 0.15) is 0 Å². The lowest BCUT2D eigenvalue weighted by molar-refractivity contribution is -0.129. The van der Waals surface area contributed by atoms with Crippen molar-refractivity contribution in [1.29, 1.82) is 0 Å². The summed E-state index contributed by atoms with van der Waals surface area (Å²) in [5.41, 5.74) is 1.29. The summed E-state index contributed by atoms with van der Waals surface area (Å²) >= 11 is 6.01. The van der Waals surface area contributed by atoms with Gasteiger partial charge in [-0.05, 0) is 42.8 Å². The molecule has 0 radical (unpaired) electrons. The number of halogens is 1.